The third kappa shape index (κ3) is 2.79. The lowest BCUT2D eigenvalue weighted by molar-refractivity contribution is -0.118. The highest BCUT2D eigenvalue weighted by Crippen LogP contribution is 2.37. The topological polar surface area (TPSA) is 66.5 Å². The summed E-state index contributed by atoms with van der Waals surface area (Å²) >= 11 is 0. The zero-order chi connectivity index (χ0) is 17.4. The van der Waals surface area contributed by atoms with Gasteiger partial charge in [0.15, 0.2) is 0 Å². The lowest BCUT2D eigenvalue weighted by Gasteiger charge is -2.15. The molecule has 3 aromatic carbocycles. The molecule has 1 aliphatic rings. The molecule has 0 unspecified atom stereocenters. The van der Waals surface area contributed by atoms with E-state index in [9.17, 15) is 13.2 Å². The number of hydrogen-bond acceptors (Lipinski definition) is 3. The molecular weight excluding hydrogens is 336 g/mol. The zero-order valence-corrected chi connectivity index (χ0v) is 14.2. The standard InChI is InChI=1S/C19H16N2O3S/c22-18(13-10-14-6-2-1-3-7-14)21-17-12-11-15-8-4-5-9-16(15)19(17)25(23,24)20-21/h1-9,11-12,20H,10,13H2. The van der Waals surface area contributed by atoms with Crippen LogP contribution in [0, 0.1) is 0 Å². The van der Waals surface area contributed by atoms with Gasteiger partial charge in [0.2, 0.25) is 5.91 Å². The van der Waals surface area contributed by atoms with Crippen molar-refractivity contribution >= 4 is 32.4 Å². The van der Waals surface area contributed by atoms with Gasteiger partial charge in [-0.3, -0.25) is 4.79 Å². The van der Waals surface area contributed by atoms with E-state index in [1.165, 1.54) is 0 Å². The summed E-state index contributed by atoms with van der Waals surface area (Å²) < 4.78 is 25.1. The monoisotopic (exact) mass is 352 g/mol. The molecule has 0 saturated carbocycles. The van der Waals surface area contributed by atoms with Gasteiger partial charge in [-0.05, 0) is 23.4 Å². The molecule has 5 nitrogen and oxygen atoms in total. The molecule has 0 bridgehead atoms. The van der Waals surface area contributed by atoms with Gasteiger partial charge < -0.3 is 0 Å². The van der Waals surface area contributed by atoms with Crippen molar-refractivity contribution in [2.24, 2.45) is 0 Å². The number of carbonyl (C=O) groups is 1. The van der Waals surface area contributed by atoms with Gasteiger partial charge in [-0.1, -0.05) is 60.7 Å². The molecule has 3 aromatic rings. The summed E-state index contributed by atoms with van der Waals surface area (Å²) in [4.78, 5) is 15.1. The Hall–Kier alpha value is -2.70. The van der Waals surface area contributed by atoms with Crippen molar-refractivity contribution in [1.82, 2.24) is 4.83 Å². The summed E-state index contributed by atoms with van der Waals surface area (Å²) in [6, 6.07) is 20.4. The van der Waals surface area contributed by atoms with Crippen LogP contribution in [0.5, 0.6) is 0 Å². The van der Waals surface area contributed by atoms with Crippen molar-refractivity contribution in [3.8, 4) is 0 Å². The maximum absolute atomic E-state index is 12.6. The molecule has 25 heavy (non-hydrogen) atoms. The molecule has 1 heterocycles. The highest BCUT2D eigenvalue weighted by Gasteiger charge is 2.36. The van der Waals surface area contributed by atoms with Crippen molar-refractivity contribution < 1.29 is 13.2 Å². The molecule has 0 fully saturated rings. The number of aryl methyl sites for hydroxylation is 1. The van der Waals surface area contributed by atoms with E-state index < -0.39 is 10.0 Å². The van der Waals surface area contributed by atoms with Crippen LogP contribution in [0.25, 0.3) is 10.8 Å². The van der Waals surface area contributed by atoms with Crippen LogP contribution in [0.4, 0.5) is 5.69 Å². The minimum Gasteiger partial charge on any atom is -0.273 e. The molecule has 0 aliphatic carbocycles. The number of rotatable bonds is 3. The predicted molar refractivity (Wildman–Crippen MR) is 96.5 cm³/mol. The first-order valence-corrected chi connectivity index (χ1v) is 9.46. The van der Waals surface area contributed by atoms with Gasteiger partial charge in [0.05, 0.1) is 5.69 Å². The minimum absolute atomic E-state index is 0.165. The van der Waals surface area contributed by atoms with E-state index in [1.54, 1.807) is 18.2 Å². The third-order valence-corrected chi connectivity index (χ3v) is 5.69. The summed E-state index contributed by atoms with van der Waals surface area (Å²) in [5.74, 6) is -0.276. The van der Waals surface area contributed by atoms with E-state index >= 15 is 0 Å². The van der Waals surface area contributed by atoms with Crippen LogP contribution in [-0.2, 0) is 21.2 Å². The van der Waals surface area contributed by atoms with Crippen LogP contribution in [0.1, 0.15) is 12.0 Å². The molecule has 0 aromatic heterocycles. The number of nitrogens with one attached hydrogen (secondary N) is 1. The Morgan fingerprint density at radius 1 is 0.920 bits per heavy atom. The average Bonchev–Trinajstić information content (AvgIpc) is 2.92. The van der Waals surface area contributed by atoms with E-state index in [0.717, 1.165) is 16.0 Å². The van der Waals surface area contributed by atoms with Gasteiger partial charge >= 0.3 is 0 Å². The lowest BCUT2D eigenvalue weighted by Crippen LogP contribution is -2.41. The average molecular weight is 352 g/mol. The molecule has 1 aliphatic heterocycles. The van der Waals surface area contributed by atoms with E-state index in [2.05, 4.69) is 4.83 Å². The van der Waals surface area contributed by atoms with Crippen molar-refractivity contribution in [3.05, 3.63) is 72.3 Å². The molecule has 6 heteroatoms. The van der Waals surface area contributed by atoms with E-state index in [4.69, 9.17) is 0 Å². The minimum atomic E-state index is -3.75. The fraction of sp³-hybridized carbons (Fsp3) is 0.105. The summed E-state index contributed by atoms with van der Waals surface area (Å²) in [7, 11) is -3.75. The van der Waals surface area contributed by atoms with Gasteiger partial charge in [-0.2, -0.15) is 0 Å². The second kappa shape index (κ2) is 5.98. The summed E-state index contributed by atoms with van der Waals surface area (Å²) in [5, 5.41) is 2.59. The molecule has 1 N–H and O–H groups in total. The normalized spacial score (nSPS) is 15.3. The number of benzene rings is 3. The number of hydrogen-bond donors (Lipinski definition) is 1. The molecule has 0 saturated heterocycles. The Kier molecular flexibility index (Phi) is 3.78. The van der Waals surface area contributed by atoms with Crippen LogP contribution >= 0.6 is 0 Å². The van der Waals surface area contributed by atoms with E-state index in [0.29, 0.717) is 17.5 Å². The highest BCUT2D eigenvalue weighted by molar-refractivity contribution is 7.90. The Morgan fingerprint density at radius 2 is 1.64 bits per heavy atom. The van der Waals surface area contributed by atoms with Crippen molar-refractivity contribution in [3.63, 3.8) is 0 Å². The first-order valence-electron chi connectivity index (χ1n) is 7.97. The van der Waals surface area contributed by atoms with Gasteiger partial charge in [-0.15, -0.1) is 4.83 Å². The smallest absolute Gasteiger partial charge is 0.260 e. The zero-order valence-electron chi connectivity index (χ0n) is 13.3. The highest BCUT2D eigenvalue weighted by atomic mass is 32.2. The van der Waals surface area contributed by atoms with Crippen LogP contribution in [0.2, 0.25) is 0 Å². The Morgan fingerprint density at radius 3 is 2.44 bits per heavy atom. The van der Waals surface area contributed by atoms with Crippen molar-refractivity contribution in [1.29, 1.82) is 0 Å². The lowest BCUT2D eigenvalue weighted by atomic mass is 10.1. The molecule has 0 radical (unpaired) electrons. The fourth-order valence-corrected chi connectivity index (χ4v) is 4.54. The fourth-order valence-electron chi connectivity index (χ4n) is 3.10. The summed E-state index contributed by atoms with van der Waals surface area (Å²) in [5.41, 5.74) is 1.42. The number of sulfonamides is 1. The van der Waals surface area contributed by atoms with Crippen molar-refractivity contribution in [2.75, 3.05) is 5.01 Å². The molecular formula is C19H16N2O3S. The van der Waals surface area contributed by atoms with E-state index in [-0.39, 0.29) is 17.2 Å². The molecule has 0 atom stereocenters. The molecule has 126 valence electrons. The van der Waals surface area contributed by atoms with Gasteiger partial charge in [0.1, 0.15) is 4.90 Å². The summed E-state index contributed by atoms with van der Waals surface area (Å²) in [6.07, 6.45) is 0.777. The summed E-state index contributed by atoms with van der Waals surface area (Å²) in [6.45, 7) is 0. The predicted octanol–water partition coefficient (Wildman–Crippen LogP) is 3.01. The first-order chi connectivity index (χ1) is 12.1. The number of fused-ring (bicyclic) bond motifs is 3. The second-order valence-corrected chi connectivity index (χ2v) is 7.54. The van der Waals surface area contributed by atoms with Crippen LogP contribution in [0.15, 0.2) is 71.6 Å². The maximum atomic E-state index is 12.6. The maximum Gasteiger partial charge on any atom is 0.260 e. The first kappa shape index (κ1) is 15.8. The van der Waals surface area contributed by atoms with Gasteiger partial charge in [0.25, 0.3) is 10.0 Å². The quantitative estimate of drug-likeness (QED) is 0.788. The van der Waals surface area contributed by atoms with E-state index in [1.807, 2.05) is 48.5 Å². The number of carbonyl (C=O) groups excluding carboxylic acids is 1. The largest absolute Gasteiger partial charge is 0.273 e. The molecule has 4 rings (SSSR count). The third-order valence-electron chi connectivity index (χ3n) is 4.30. The number of amides is 1. The van der Waals surface area contributed by atoms with Crippen molar-refractivity contribution in [2.45, 2.75) is 17.7 Å². The number of anilines is 1. The van der Waals surface area contributed by atoms with Crippen LogP contribution < -0.4 is 9.84 Å². The number of nitrogens with zero attached hydrogens (tertiary/aromatic N) is 1. The Labute approximate surface area is 145 Å². The van der Waals surface area contributed by atoms with Gasteiger partial charge in [0, 0.05) is 11.8 Å². The molecule has 1 amide bonds. The van der Waals surface area contributed by atoms with Crippen LogP contribution in [0.3, 0.4) is 0 Å². The van der Waals surface area contributed by atoms with Crippen LogP contribution in [-0.4, -0.2) is 14.3 Å². The SMILES string of the molecule is O=C(CCc1ccccc1)N1NS(=O)(=O)c2c1ccc1ccccc21. The second-order valence-electron chi connectivity index (χ2n) is 5.94. The Balaban J connectivity index is 1.68. The number of hydrazine groups is 1. The molecule has 0 spiro atoms. The Bertz CT molecular complexity index is 1060. The van der Waals surface area contributed by atoms with Gasteiger partial charge in [-0.25, -0.2) is 13.4 Å².